The number of imide groups is 1. The molecule has 90 heavy (non-hydrogen) atoms. The van der Waals surface area contributed by atoms with E-state index in [2.05, 4.69) is 31.9 Å². The second kappa shape index (κ2) is 34.8. The Kier molecular flexibility index (Phi) is 29.0. The van der Waals surface area contributed by atoms with Crippen LogP contribution in [0.1, 0.15) is 125 Å². The molecule has 0 aliphatic carbocycles. The lowest BCUT2D eigenvalue weighted by atomic mass is 9.89. The van der Waals surface area contributed by atoms with Crippen molar-refractivity contribution in [1.82, 2.24) is 41.3 Å². The van der Waals surface area contributed by atoms with Gasteiger partial charge in [-0.1, -0.05) is 111 Å². The van der Waals surface area contributed by atoms with E-state index in [1.807, 2.05) is 73.8 Å². The number of ether oxygens (including phenoxy) is 2. The summed E-state index contributed by atoms with van der Waals surface area (Å²) in [6.07, 6.45) is 1.87. The van der Waals surface area contributed by atoms with Gasteiger partial charge in [-0.05, 0) is 68.1 Å². The zero-order valence-electron chi connectivity index (χ0n) is 55.4. The third-order valence-electron chi connectivity index (χ3n) is 17.5. The van der Waals surface area contributed by atoms with Crippen molar-refractivity contribution in [1.29, 1.82) is 0 Å². The number of benzene rings is 2. The molecule has 25 nitrogen and oxygen atoms in total. The number of aliphatic hydroxyl groups is 1. The van der Waals surface area contributed by atoms with Gasteiger partial charge in [-0.3, -0.25) is 48.1 Å². The minimum absolute atomic E-state index is 0.0455. The van der Waals surface area contributed by atoms with Crippen molar-refractivity contribution >= 4 is 64.9 Å². The first-order valence-electron chi connectivity index (χ1n) is 31.4. The predicted molar refractivity (Wildman–Crippen MR) is 341 cm³/mol. The summed E-state index contributed by atoms with van der Waals surface area (Å²) in [7, 11) is 8.60. The fraction of sp³-hybridized carbons (Fsp3) is 0.631. The molecule has 2 aliphatic heterocycles. The quantitative estimate of drug-likeness (QED) is 0.0272. The van der Waals surface area contributed by atoms with E-state index in [-0.39, 0.29) is 71.7 Å². The summed E-state index contributed by atoms with van der Waals surface area (Å²) >= 11 is 0. The Balaban J connectivity index is 1.47. The fourth-order valence-electron chi connectivity index (χ4n) is 12.5. The third-order valence-corrected chi connectivity index (χ3v) is 17.5. The molecule has 0 unspecified atom stereocenters. The summed E-state index contributed by atoms with van der Waals surface area (Å²) in [5, 5.41) is 27.7. The molecule has 1 saturated heterocycles. The number of hydrogen-bond donors (Lipinski definition) is 9. The number of aliphatic hydroxyl groups excluding tert-OH is 1. The van der Waals surface area contributed by atoms with Gasteiger partial charge in [0.25, 0.3) is 17.7 Å². The maximum atomic E-state index is 14.9. The van der Waals surface area contributed by atoms with Crippen molar-refractivity contribution in [2.24, 2.45) is 41.1 Å². The van der Waals surface area contributed by atoms with Crippen LogP contribution in [0.15, 0.2) is 66.7 Å². The van der Waals surface area contributed by atoms with Gasteiger partial charge in [0.1, 0.15) is 30.7 Å². The smallest absolute Gasteiger partial charge is 0.312 e. The number of carbonyl (C=O) groups excluding carboxylic acids is 10. The molecule has 0 saturated carbocycles. The molecule has 2 aromatic rings. The molecule has 2 aliphatic rings. The predicted octanol–water partition coefficient (Wildman–Crippen LogP) is 2.85. The molecule has 11 N–H and O–H groups in total. The number of nitrogens with zero attached hydrogens (tertiary/aromatic N) is 4. The minimum Gasteiger partial charge on any atom is -0.386 e. The molecule has 13 atom stereocenters. The number of likely N-dealkylation sites (tertiary alicyclic amines) is 1. The monoisotopic (exact) mass is 1260 g/mol. The Morgan fingerprint density at radius 2 is 1.36 bits per heavy atom. The molecule has 1 fully saturated rings. The summed E-state index contributed by atoms with van der Waals surface area (Å²) in [6.45, 7) is 18.9. The van der Waals surface area contributed by atoms with Gasteiger partial charge in [-0.2, -0.15) is 0 Å². The van der Waals surface area contributed by atoms with E-state index in [4.69, 9.17) is 20.9 Å². The summed E-state index contributed by atoms with van der Waals surface area (Å²) in [4.78, 5) is 140. The second-order valence-corrected chi connectivity index (χ2v) is 25.6. The Hall–Kier alpha value is -7.32. The number of rotatable bonds is 35. The highest BCUT2D eigenvalue weighted by molar-refractivity contribution is 6.15. The number of urea groups is 1. The number of hydrogen-bond acceptors (Lipinski definition) is 14. The standard InChI is InChI=1S/C65H102N12O13/c1-16-40(8)55(49(89-14)34-52(80)75-33-21-25-47(75)58(90-15)41(9)59(82)69-42(10)57(81)44-22-18-17-19-23-44)74(11)64(87)54(38(4)5)73-63(86)56(39(6)7)77(12,13)36-43-26-28-45(29-27-43)70-60(83)46(24-20-32-68-65(67)88)71-62(85)53(37(2)3)72-61(84)48(35-66)76-50(78)30-31-51(76)79/h17-19,22-23,26-31,37-42,46-49,53-58,81H,16,20-21,24-25,32-36,66H2,1-15H3,(H7-,67,68,69,70,71,72,73,82,83,84,85,86,88)/p+1/t40-,41+,42+,46-,47-,48-,49+,53-,54-,55-,56-,57+,58+/m0/s1. The van der Waals surface area contributed by atoms with E-state index in [0.717, 1.165) is 17.7 Å². The van der Waals surface area contributed by atoms with Crippen molar-refractivity contribution in [3.05, 3.63) is 77.9 Å². The van der Waals surface area contributed by atoms with Gasteiger partial charge in [-0.25, -0.2) is 4.79 Å². The molecule has 0 bridgehead atoms. The summed E-state index contributed by atoms with van der Waals surface area (Å²) in [6, 6.07) is 8.31. The van der Waals surface area contributed by atoms with E-state index < -0.39 is 121 Å². The highest BCUT2D eigenvalue weighted by atomic mass is 16.5. The first kappa shape index (κ1) is 75.1. The maximum Gasteiger partial charge on any atom is 0.312 e. The van der Waals surface area contributed by atoms with Crippen LogP contribution in [0.2, 0.25) is 0 Å². The number of nitrogens with two attached hydrogens (primary N) is 2. The van der Waals surface area contributed by atoms with Gasteiger partial charge in [0.15, 0.2) is 6.04 Å². The zero-order valence-corrected chi connectivity index (χ0v) is 55.4. The third kappa shape index (κ3) is 20.1. The van der Waals surface area contributed by atoms with Gasteiger partial charge in [0, 0.05) is 70.2 Å². The fourth-order valence-corrected chi connectivity index (χ4v) is 12.5. The van der Waals surface area contributed by atoms with Crippen molar-refractivity contribution in [3.63, 3.8) is 0 Å². The summed E-state index contributed by atoms with van der Waals surface area (Å²) in [5.41, 5.74) is 12.9. The van der Waals surface area contributed by atoms with E-state index in [1.54, 1.807) is 80.9 Å². The van der Waals surface area contributed by atoms with Crippen LogP contribution in [-0.4, -0.2) is 199 Å². The number of likely N-dealkylation sites (N-methyl/N-ethyl adjacent to an activating group) is 2. The van der Waals surface area contributed by atoms with Gasteiger partial charge in [0.2, 0.25) is 35.4 Å². The van der Waals surface area contributed by atoms with Crippen molar-refractivity contribution in [2.45, 2.75) is 181 Å². The van der Waals surface area contributed by atoms with E-state index in [0.29, 0.717) is 48.5 Å². The number of quaternary nitrogens is 1. The number of methoxy groups -OCH3 is 2. The SMILES string of the molecule is CC[C@H](C)[C@@H]([C@@H](CC(=O)N1CCC[C@H]1[C@H](OC)[C@@H](C)C(=O)N[C@H](C)[C@@H](O)c1ccccc1)OC)N(C)C(=O)[C@@H](NC(=O)[C@H](C(C)C)[N+](C)(C)Cc1ccc(NC(=O)[C@H](CCCNC(N)=O)NC(=O)[C@@H](NC(=O)[C@H](CN)N2C(=O)C=CC2=O)C(C)C)cc1)C(C)C. The van der Waals surface area contributed by atoms with Crippen LogP contribution in [0.25, 0.3) is 0 Å². The topological polar surface area (TPSA) is 343 Å². The van der Waals surface area contributed by atoms with Crippen LogP contribution in [0, 0.1) is 29.6 Å². The first-order chi connectivity index (χ1) is 42.3. The van der Waals surface area contributed by atoms with Crippen molar-refractivity contribution < 1.29 is 67.0 Å². The van der Waals surface area contributed by atoms with Gasteiger partial charge < -0.3 is 72.2 Å². The van der Waals surface area contributed by atoms with Crippen LogP contribution < -0.4 is 43.4 Å². The first-order valence-corrected chi connectivity index (χ1v) is 31.4. The zero-order chi connectivity index (χ0) is 67.5. The maximum absolute atomic E-state index is 14.9. The largest absolute Gasteiger partial charge is 0.386 e. The molecular formula is C65H103N12O13+. The molecule has 11 amide bonds. The van der Waals surface area contributed by atoms with Crippen LogP contribution in [0.3, 0.4) is 0 Å². The van der Waals surface area contributed by atoms with Gasteiger partial charge >= 0.3 is 6.03 Å². The normalized spacial score (nSPS) is 18.3. The van der Waals surface area contributed by atoms with E-state index in [9.17, 15) is 53.1 Å². The number of anilines is 1. The van der Waals surface area contributed by atoms with Crippen LogP contribution in [0.4, 0.5) is 10.5 Å². The van der Waals surface area contributed by atoms with Crippen LogP contribution in [-0.2, 0) is 59.2 Å². The Morgan fingerprint density at radius 1 is 0.756 bits per heavy atom. The molecule has 2 heterocycles. The Labute approximate surface area is 531 Å². The van der Waals surface area contributed by atoms with E-state index >= 15 is 0 Å². The molecule has 0 radical (unpaired) electrons. The highest BCUT2D eigenvalue weighted by Crippen LogP contribution is 2.31. The lowest BCUT2D eigenvalue weighted by molar-refractivity contribution is -0.922. The van der Waals surface area contributed by atoms with Gasteiger partial charge in [0.05, 0.1) is 62.9 Å². The summed E-state index contributed by atoms with van der Waals surface area (Å²) in [5.74, 6) is -6.70. The lowest BCUT2D eigenvalue weighted by Gasteiger charge is -2.42. The van der Waals surface area contributed by atoms with E-state index in [1.165, 1.54) is 14.2 Å². The molecule has 25 heteroatoms. The van der Waals surface area contributed by atoms with Crippen molar-refractivity contribution in [2.75, 3.05) is 60.3 Å². The number of carbonyl (C=O) groups is 10. The Bertz CT molecular complexity index is 2780. The van der Waals surface area contributed by atoms with Gasteiger partial charge in [-0.15, -0.1) is 0 Å². The van der Waals surface area contributed by atoms with Crippen LogP contribution >= 0.6 is 0 Å². The highest BCUT2D eigenvalue weighted by Gasteiger charge is 2.45. The van der Waals surface area contributed by atoms with Crippen LogP contribution in [0.5, 0.6) is 0 Å². The molecule has 4 rings (SSSR count). The summed E-state index contributed by atoms with van der Waals surface area (Å²) < 4.78 is 12.3. The Morgan fingerprint density at radius 3 is 1.89 bits per heavy atom. The minimum atomic E-state index is -1.39. The molecule has 0 spiro atoms. The number of amides is 11. The lowest BCUT2D eigenvalue weighted by Crippen LogP contribution is -2.63. The average molecular weight is 1260 g/mol. The average Bonchev–Trinajstić information content (AvgIpc) is 1.71. The molecule has 0 aromatic heterocycles. The van der Waals surface area contributed by atoms with Crippen molar-refractivity contribution in [3.8, 4) is 0 Å². The number of primary amides is 1. The second-order valence-electron chi connectivity index (χ2n) is 25.6. The molecule has 500 valence electrons. The molecular weight excluding hydrogens is 1160 g/mol. The molecule has 2 aromatic carbocycles. The number of nitrogens with one attached hydrogen (secondary N) is 6.